The Bertz CT molecular complexity index is 524. The summed E-state index contributed by atoms with van der Waals surface area (Å²) >= 11 is 4.84. The van der Waals surface area contributed by atoms with Crippen molar-refractivity contribution in [2.75, 3.05) is 0 Å². The van der Waals surface area contributed by atoms with Crippen molar-refractivity contribution < 1.29 is 4.79 Å². The highest BCUT2D eigenvalue weighted by atomic mass is 79.9. The summed E-state index contributed by atoms with van der Waals surface area (Å²) in [6.45, 7) is 2.37. The van der Waals surface area contributed by atoms with Gasteiger partial charge in [0.1, 0.15) is 5.69 Å². The average Bonchev–Trinajstić information content (AvgIpc) is 2.73. The number of aromatic nitrogens is 2. The van der Waals surface area contributed by atoms with Crippen LogP contribution in [0, 0.1) is 6.92 Å². The van der Waals surface area contributed by atoms with Gasteiger partial charge in [-0.2, -0.15) is 0 Å². The minimum atomic E-state index is -0.192. The van der Waals surface area contributed by atoms with E-state index < -0.39 is 0 Å². The number of amides is 1. The number of carbonyl (C=O) groups is 1. The highest BCUT2D eigenvalue weighted by Gasteiger charge is 2.07. The van der Waals surface area contributed by atoms with Gasteiger partial charge in [0.05, 0.1) is 17.2 Å². The lowest BCUT2D eigenvalue weighted by Crippen LogP contribution is -2.23. The molecular formula is C11H10BrN3OS. The summed E-state index contributed by atoms with van der Waals surface area (Å²) in [5.41, 5.74) is 1.28. The van der Waals surface area contributed by atoms with Gasteiger partial charge in [0, 0.05) is 16.0 Å². The first-order valence-corrected chi connectivity index (χ1v) is 6.63. The maximum absolute atomic E-state index is 11.7. The lowest BCUT2D eigenvalue weighted by atomic mass is 10.3. The molecule has 2 rings (SSSR count). The van der Waals surface area contributed by atoms with Crippen molar-refractivity contribution in [3.05, 3.63) is 44.6 Å². The first-order valence-electron chi connectivity index (χ1n) is 4.96. The molecule has 0 radical (unpaired) electrons. The van der Waals surface area contributed by atoms with Gasteiger partial charge in [0.25, 0.3) is 5.91 Å². The molecule has 2 heterocycles. The van der Waals surface area contributed by atoms with Crippen molar-refractivity contribution in [2.24, 2.45) is 0 Å². The van der Waals surface area contributed by atoms with Crippen molar-refractivity contribution >= 4 is 33.2 Å². The zero-order chi connectivity index (χ0) is 12.3. The predicted molar refractivity (Wildman–Crippen MR) is 70.0 cm³/mol. The highest BCUT2D eigenvalue weighted by Crippen LogP contribution is 2.09. The van der Waals surface area contributed by atoms with Crippen molar-refractivity contribution in [1.82, 2.24) is 15.3 Å². The summed E-state index contributed by atoms with van der Waals surface area (Å²) in [5, 5.41) is 5.71. The number of aryl methyl sites for hydroxylation is 1. The third-order valence-electron chi connectivity index (χ3n) is 2.06. The van der Waals surface area contributed by atoms with Gasteiger partial charge < -0.3 is 5.32 Å². The Morgan fingerprint density at radius 3 is 2.94 bits per heavy atom. The Kier molecular flexibility index (Phi) is 3.86. The Morgan fingerprint density at radius 1 is 1.53 bits per heavy atom. The van der Waals surface area contributed by atoms with E-state index >= 15 is 0 Å². The monoisotopic (exact) mass is 311 g/mol. The fourth-order valence-corrected chi connectivity index (χ4v) is 2.11. The lowest BCUT2D eigenvalue weighted by molar-refractivity contribution is 0.0945. The van der Waals surface area contributed by atoms with Crippen LogP contribution in [0.15, 0.2) is 28.2 Å². The van der Waals surface area contributed by atoms with E-state index in [0.717, 1.165) is 15.2 Å². The molecule has 0 spiro atoms. The van der Waals surface area contributed by atoms with Crippen LogP contribution in [0.5, 0.6) is 0 Å². The molecule has 0 bridgehead atoms. The molecule has 6 heteroatoms. The quantitative estimate of drug-likeness (QED) is 0.947. The number of hydrogen-bond donors (Lipinski definition) is 1. The smallest absolute Gasteiger partial charge is 0.270 e. The molecular weight excluding hydrogens is 302 g/mol. The van der Waals surface area contributed by atoms with Gasteiger partial charge >= 0.3 is 0 Å². The Labute approximate surface area is 111 Å². The molecule has 1 amide bonds. The second-order valence-corrected chi connectivity index (χ2v) is 5.38. The van der Waals surface area contributed by atoms with Crippen LogP contribution >= 0.6 is 27.3 Å². The first-order chi connectivity index (χ1) is 8.15. The van der Waals surface area contributed by atoms with Crippen LogP contribution in [-0.2, 0) is 6.54 Å². The lowest BCUT2D eigenvalue weighted by Gasteiger charge is -2.02. The fraction of sp³-hybridized carbons (Fsp3) is 0.182. The molecule has 0 saturated carbocycles. The molecule has 17 heavy (non-hydrogen) atoms. The molecule has 0 unspecified atom stereocenters. The molecule has 1 N–H and O–H groups in total. The average molecular weight is 312 g/mol. The van der Waals surface area contributed by atoms with Crippen LogP contribution in [0.3, 0.4) is 0 Å². The number of carbonyl (C=O) groups excluding carboxylic acids is 1. The van der Waals surface area contributed by atoms with E-state index in [2.05, 4.69) is 31.2 Å². The maximum atomic E-state index is 11.7. The van der Waals surface area contributed by atoms with Gasteiger partial charge in [-0.3, -0.25) is 4.79 Å². The Morgan fingerprint density at radius 2 is 2.35 bits per heavy atom. The standard InChI is InChI=1S/C11H10BrN3OS/c1-7-15-9(6-17-7)5-14-11(16)10-3-2-8(12)4-13-10/h2-4,6H,5H2,1H3,(H,14,16). The second kappa shape index (κ2) is 5.37. The number of halogens is 1. The molecule has 88 valence electrons. The summed E-state index contributed by atoms with van der Waals surface area (Å²) < 4.78 is 0.851. The van der Waals surface area contributed by atoms with E-state index in [4.69, 9.17) is 0 Å². The third kappa shape index (κ3) is 3.34. The first kappa shape index (κ1) is 12.2. The zero-order valence-corrected chi connectivity index (χ0v) is 11.5. The van der Waals surface area contributed by atoms with E-state index in [1.54, 1.807) is 29.7 Å². The van der Waals surface area contributed by atoms with Crippen LogP contribution in [-0.4, -0.2) is 15.9 Å². The van der Waals surface area contributed by atoms with Crippen LogP contribution in [0.1, 0.15) is 21.2 Å². The normalized spacial score (nSPS) is 10.2. The SMILES string of the molecule is Cc1nc(CNC(=O)c2ccc(Br)cn2)cs1. The molecule has 0 aliphatic rings. The van der Waals surface area contributed by atoms with E-state index in [1.807, 2.05) is 12.3 Å². The third-order valence-corrected chi connectivity index (χ3v) is 3.35. The van der Waals surface area contributed by atoms with Gasteiger partial charge in [0.15, 0.2) is 0 Å². The molecule has 0 aliphatic carbocycles. The van der Waals surface area contributed by atoms with Crippen molar-refractivity contribution in [3.63, 3.8) is 0 Å². The van der Waals surface area contributed by atoms with Gasteiger partial charge in [-0.1, -0.05) is 0 Å². The number of nitrogens with one attached hydrogen (secondary N) is 1. The molecule has 2 aromatic heterocycles. The Balaban J connectivity index is 1.95. The predicted octanol–water partition coefficient (Wildman–Crippen LogP) is 2.54. The summed E-state index contributed by atoms with van der Waals surface area (Å²) in [6.07, 6.45) is 1.60. The minimum absolute atomic E-state index is 0.192. The van der Waals surface area contributed by atoms with E-state index in [-0.39, 0.29) is 5.91 Å². The van der Waals surface area contributed by atoms with Crippen molar-refractivity contribution in [2.45, 2.75) is 13.5 Å². The van der Waals surface area contributed by atoms with E-state index in [9.17, 15) is 4.79 Å². The fourth-order valence-electron chi connectivity index (χ4n) is 1.26. The number of hydrogen-bond acceptors (Lipinski definition) is 4. The molecule has 4 nitrogen and oxygen atoms in total. The molecule has 0 aromatic carbocycles. The maximum Gasteiger partial charge on any atom is 0.270 e. The van der Waals surface area contributed by atoms with Gasteiger partial charge in [-0.05, 0) is 35.0 Å². The number of thiazole rings is 1. The van der Waals surface area contributed by atoms with Gasteiger partial charge in [-0.15, -0.1) is 11.3 Å². The highest BCUT2D eigenvalue weighted by molar-refractivity contribution is 9.10. The Hall–Kier alpha value is -1.27. The zero-order valence-electron chi connectivity index (χ0n) is 9.11. The topological polar surface area (TPSA) is 54.9 Å². The molecule has 0 aliphatic heterocycles. The molecule has 0 fully saturated rings. The minimum Gasteiger partial charge on any atom is -0.345 e. The van der Waals surface area contributed by atoms with Crippen molar-refractivity contribution in [1.29, 1.82) is 0 Å². The van der Waals surface area contributed by atoms with Gasteiger partial charge in [0.2, 0.25) is 0 Å². The second-order valence-electron chi connectivity index (χ2n) is 3.40. The molecule has 0 saturated heterocycles. The number of rotatable bonds is 3. The largest absolute Gasteiger partial charge is 0.345 e. The molecule has 2 aromatic rings. The summed E-state index contributed by atoms with van der Waals surface area (Å²) in [7, 11) is 0. The van der Waals surface area contributed by atoms with Crippen LogP contribution in [0.2, 0.25) is 0 Å². The van der Waals surface area contributed by atoms with E-state index in [1.165, 1.54) is 0 Å². The number of nitrogens with zero attached hydrogens (tertiary/aromatic N) is 2. The van der Waals surface area contributed by atoms with E-state index in [0.29, 0.717) is 12.2 Å². The van der Waals surface area contributed by atoms with Crippen LogP contribution in [0.25, 0.3) is 0 Å². The van der Waals surface area contributed by atoms with Crippen molar-refractivity contribution in [3.8, 4) is 0 Å². The van der Waals surface area contributed by atoms with Gasteiger partial charge in [-0.25, -0.2) is 9.97 Å². The van der Waals surface area contributed by atoms with Crippen LogP contribution < -0.4 is 5.32 Å². The molecule has 0 atom stereocenters. The van der Waals surface area contributed by atoms with Crippen LogP contribution in [0.4, 0.5) is 0 Å². The summed E-state index contributed by atoms with van der Waals surface area (Å²) in [6, 6.07) is 3.46. The summed E-state index contributed by atoms with van der Waals surface area (Å²) in [4.78, 5) is 20.0. The summed E-state index contributed by atoms with van der Waals surface area (Å²) in [5.74, 6) is -0.192. The number of pyridine rings is 1.